The number of ether oxygens (including phenoxy) is 2. The number of aliphatic hydroxyl groups is 1. The van der Waals surface area contributed by atoms with Gasteiger partial charge in [-0.3, -0.25) is 4.79 Å². The van der Waals surface area contributed by atoms with Gasteiger partial charge in [-0.1, -0.05) is 18.2 Å². The van der Waals surface area contributed by atoms with E-state index in [1.54, 1.807) is 25.3 Å². The molecule has 0 saturated carbocycles. The molecule has 5 nitrogen and oxygen atoms in total. The van der Waals surface area contributed by atoms with Gasteiger partial charge in [-0.05, 0) is 35.2 Å². The maximum atomic E-state index is 12.3. The summed E-state index contributed by atoms with van der Waals surface area (Å²) in [5.41, 5.74) is 1.80. The van der Waals surface area contributed by atoms with Gasteiger partial charge in [0, 0.05) is 16.6 Å². The average molecular weight is 311 g/mol. The van der Waals surface area contributed by atoms with E-state index in [0.717, 1.165) is 5.39 Å². The predicted octanol–water partition coefficient (Wildman–Crippen LogP) is 2.70. The SMILES string of the molecule is COc1cc(CO)c(-c2cc3ccccc3c(=O)[nH]2)cc1OC. The van der Waals surface area contributed by atoms with E-state index in [-0.39, 0.29) is 12.2 Å². The van der Waals surface area contributed by atoms with Crippen LogP contribution in [-0.4, -0.2) is 24.3 Å². The van der Waals surface area contributed by atoms with Crippen LogP contribution in [-0.2, 0) is 6.61 Å². The fraction of sp³-hybridized carbons (Fsp3) is 0.167. The summed E-state index contributed by atoms with van der Waals surface area (Å²) in [4.78, 5) is 15.1. The van der Waals surface area contributed by atoms with Crippen LogP contribution >= 0.6 is 0 Å². The number of fused-ring (bicyclic) bond motifs is 1. The Balaban J connectivity index is 2.27. The highest BCUT2D eigenvalue weighted by molar-refractivity contribution is 5.85. The van der Waals surface area contributed by atoms with Crippen molar-refractivity contribution in [1.29, 1.82) is 0 Å². The Morgan fingerprint density at radius 2 is 1.74 bits per heavy atom. The van der Waals surface area contributed by atoms with E-state index in [1.807, 2.05) is 24.3 Å². The lowest BCUT2D eigenvalue weighted by atomic mass is 10.0. The molecule has 2 aromatic carbocycles. The molecule has 2 N–H and O–H groups in total. The zero-order chi connectivity index (χ0) is 16.4. The molecule has 0 unspecified atom stereocenters. The van der Waals surface area contributed by atoms with Crippen molar-refractivity contribution >= 4 is 10.8 Å². The van der Waals surface area contributed by atoms with E-state index >= 15 is 0 Å². The minimum absolute atomic E-state index is 0.170. The summed E-state index contributed by atoms with van der Waals surface area (Å²) in [5.74, 6) is 1.07. The predicted molar refractivity (Wildman–Crippen MR) is 89.0 cm³/mol. The van der Waals surface area contributed by atoms with Gasteiger partial charge in [-0.25, -0.2) is 0 Å². The standard InChI is InChI=1S/C18H17NO4/c1-22-16-8-12(10-20)14(9-17(16)23-2)15-7-11-5-3-4-6-13(11)18(21)19-15/h3-9,20H,10H2,1-2H3,(H,19,21). The Kier molecular flexibility index (Phi) is 4.04. The van der Waals surface area contributed by atoms with E-state index in [0.29, 0.717) is 33.7 Å². The van der Waals surface area contributed by atoms with Gasteiger partial charge in [-0.2, -0.15) is 0 Å². The minimum atomic E-state index is -0.176. The van der Waals surface area contributed by atoms with Crippen molar-refractivity contribution in [3.05, 3.63) is 58.4 Å². The second kappa shape index (κ2) is 6.14. The first-order chi connectivity index (χ1) is 11.2. The van der Waals surface area contributed by atoms with E-state index < -0.39 is 0 Å². The molecule has 0 bridgehead atoms. The molecular formula is C18H17NO4. The van der Waals surface area contributed by atoms with Crippen molar-refractivity contribution in [1.82, 2.24) is 4.98 Å². The molecule has 5 heteroatoms. The molecule has 0 saturated heterocycles. The van der Waals surface area contributed by atoms with Crippen molar-refractivity contribution in [3.8, 4) is 22.8 Å². The molecule has 1 aromatic heterocycles. The smallest absolute Gasteiger partial charge is 0.256 e. The number of hydrogen-bond acceptors (Lipinski definition) is 4. The summed E-state index contributed by atoms with van der Waals surface area (Å²) < 4.78 is 10.6. The van der Waals surface area contributed by atoms with Gasteiger partial charge in [0.1, 0.15) is 0 Å². The summed E-state index contributed by atoms with van der Waals surface area (Å²) in [6.07, 6.45) is 0. The normalized spacial score (nSPS) is 10.7. The van der Waals surface area contributed by atoms with Gasteiger partial charge < -0.3 is 19.6 Å². The molecule has 1 heterocycles. The van der Waals surface area contributed by atoms with E-state index in [1.165, 1.54) is 7.11 Å². The quantitative estimate of drug-likeness (QED) is 0.777. The van der Waals surface area contributed by atoms with Gasteiger partial charge >= 0.3 is 0 Å². The average Bonchev–Trinajstić information content (AvgIpc) is 2.60. The Bertz CT molecular complexity index is 915. The molecule has 3 aromatic rings. The number of nitrogens with one attached hydrogen (secondary N) is 1. The molecule has 3 rings (SSSR count). The summed E-state index contributed by atoms with van der Waals surface area (Å²) >= 11 is 0. The molecule has 0 aliphatic rings. The number of hydrogen-bond donors (Lipinski definition) is 2. The number of methoxy groups -OCH3 is 2. The third-order valence-corrected chi connectivity index (χ3v) is 3.82. The number of H-pyrrole nitrogens is 1. The van der Waals surface area contributed by atoms with E-state index in [9.17, 15) is 9.90 Å². The fourth-order valence-corrected chi connectivity index (χ4v) is 2.66. The Morgan fingerprint density at radius 1 is 1.04 bits per heavy atom. The van der Waals surface area contributed by atoms with Gasteiger partial charge in [0.05, 0.1) is 20.8 Å². The van der Waals surface area contributed by atoms with Crippen molar-refractivity contribution in [2.24, 2.45) is 0 Å². The maximum absolute atomic E-state index is 12.3. The molecule has 0 radical (unpaired) electrons. The summed E-state index contributed by atoms with van der Waals surface area (Å²) in [7, 11) is 3.08. The zero-order valence-electron chi connectivity index (χ0n) is 12.9. The topological polar surface area (TPSA) is 71.5 Å². The number of benzene rings is 2. The van der Waals surface area contributed by atoms with E-state index in [2.05, 4.69) is 4.98 Å². The van der Waals surface area contributed by atoms with Crippen LogP contribution in [0.25, 0.3) is 22.0 Å². The van der Waals surface area contributed by atoms with Crippen LogP contribution in [0.3, 0.4) is 0 Å². The second-order valence-electron chi connectivity index (χ2n) is 5.12. The van der Waals surface area contributed by atoms with Crippen LogP contribution in [0.4, 0.5) is 0 Å². The van der Waals surface area contributed by atoms with Crippen molar-refractivity contribution < 1.29 is 14.6 Å². The number of aliphatic hydroxyl groups excluding tert-OH is 1. The molecule has 0 amide bonds. The maximum Gasteiger partial charge on any atom is 0.256 e. The van der Waals surface area contributed by atoms with Crippen molar-refractivity contribution in [2.75, 3.05) is 14.2 Å². The Labute approximate surface area is 133 Å². The second-order valence-corrected chi connectivity index (χ2v) is 5.12. The third-order valence-electron chi connectivity index (χ3n) is 3.82. The Hall–Kier alpha value is -2.79. The van der Waals surface area contributed by atoms with Gasteiger partial charge in [0.25, 0.3) is 5.56 Å². The van der Waals surface area contributed by atoms with Crippen LogP contribution in [0.15, 0.2) is 47.3 Å². The third kappa shape index (κ3) is 2.66. The van der Waals surface area contributed by atoms with Crippen LogP contribution < -0.4 is 15.0 Å². The number of rotatable bonds is 4. The molecule has 0 atom stereocenters. The number of aromatic amines is 1. The minimum Gasteiger partial charge on any atom is -0.493 e. The van der Waals surface area contributed by atoms with Crippen LogP contribution in [0.1, 0.15) is 5.56 Å². The fourth-order valence-electron chi connectivity index (χ4n) is 2.66. The van der Waals surface area contributed by atoms with Crippen LogP contribution in [0.2, 0.25) is 0 Å². The molecule has 118 valence electrons. The lowest BCUT2D eigenvalue weighted by Crippen LogP contribution is -2.08. The molecule has 0 aliphatic carbocycles. The molecule has 0 aliphatic heterocycles. The number of aromatic nitrogens is 1. The van der Waals surface area contributed by atoms with Crippen LogP contribution in [0.5, 0.6) is 11.5 Å². The lowest BCUT2D eigenvalue weighted by Gasteiger charge is -2.14. The molecular weight excluding hydrogens is 294 g/mol. The highest BCUT2D eigenvalue weighted by Crippen LogP contribution is 2.35. The monoisotopic (exact) mass is 311 g/mol. The number of pyridine rings is 1. The van der Waals surface area contributed by atoms with Gasteiger partial charge in [0.15, 0.2) is 11.5 Å². The highest BCUT2D eigenvalue weighted by Gasteiger charge is 2.14. The summed E-state index contributed by atoms with van der Waals surface area (Å²) in [5, 5.41) is 11.1. The Morgan fingerprint density at radius 3 is 2.43 bits per heavy atom. The van der Waals surface area contributed by atoms with Gasteiger partial charge in [0.2, 0.25) is 0 Å². The first-order valence-corrected chi connectivity index (χ1v) is 7.16. The summed E-state index contributed by atoms with van der Waals surface area (Å²) in [6.45, 7) is -0.176. The molecule has 23 heavy (non-hydrogen) atoms. The molecule has 0 spiro atoms. The molecule has 0 fully saturated rings. The summed E-state index contributed by atoms with van der Waals surface area (Å²) in [6, 6.07) is 12.7. The zero-order valence-corrected chi connectivity index (χ0v) is 12.9. The first-order valence-electron chi connectivity index (χ1n) is 7.16. The first kappa shape index (κ1) is 15.1. The highest BCUT2D eigenvalue weighted by atomic mass is 16.5. The van der Waals surface area contributed by atoms with Gasteiger partial charge in [-0.15, -0.1) is 0 Å². The lowest BCUT2D eigenvalue weighted by molar-refractivity contribution is 0.280. The van der Waals surface area contributed by atoms with Crippen molar-refractivity contribution in [3.63, 3.8) is 0 Å². The van der Waals surface area contributed by atoms with E-state index in [4.69, 9.17) is 9.47 Å². The largest absolute Gasteiger partial charge is 0.493 e. The van der Waals surface area contributed by atoms with Crippen LogP contribution in [0, 0.1) is 0 Å². The van der Waals surface area contributed by atoms with Crippen molar-refractivity contribution in [2.45, 2.75) is 6.61 Å².